The largest absolute Gasteiger partial charge is 0.355 e. The average molecular weight is 245 g/mol. The fraction of sp³-hybridized carbons (Fsp3) is 0.462. The minimum Gasteiger partial charge on any atom is -0.355 e. The van der Waals surface area contributed by atoms with Crippen molar-refractivity contribution in [3.05, 3.63) is 45.0 Å². The maximum absolute atomic E-state index is 10.5. The molecule has 5 nitrogen and oxygen atoms in total. The van der Waals surface area contributed by atoms with Crippen LogP contribution in [-0.4, -0.2) is 29.1 Å². The Morgan fingerprint density at radius 1 is 1.44 bits per heavy atom. The van der Waals surface area contributed by atoms with Gasteiger partial charge < -0.3 is 4.90 Å². The van der Waals surface area contributed by atoms with E-state index < -0.39 is 0 Å². The number of fused-ring (bicyclic) bond motifs is 2. The zero-order valence-electron chi connectivity index (χ0n) is 10.0. The van der Waals surface area contributed by atoms with E-state index in [4.69, 9.17) is 4.99 Å². The van der Waals surface area contributed by atoms with E-state index in [1.807, 2.05) is 18.2 Å². The summed E-state index contributed by atoms with van der Waals surface area (Å²) < 4.78 is 0. The second-order valence-corrected chi connectivity index (χ2v) is 4.86. The summed E-state index contributed by atoms with van der Waals surface area (Å²) in [7, 11) is 0. The lowest BCUT2D eigenvalue weighted by Crippen LogP contribution is -2.40. The van der Waals surface area contributed by atoms with Crippen LogP contribution >= 0.6 is 0 Å². The van der Waals surface area contributed by atoms with Crippen molar-refractivity contribution in [2.24, 2.45) is 10.9 Å². The molecule has 2 unspecified atom stereocenters. The molecule has 18 heavy (non-hydrogen) atoms. The lowest BCUT2D eigenvalue weighted by atomic mass is 10.0. The van der Waals surface area contributed by atoms with E-state index in [2.05, 4.69) is 17.2 Å². The Balaban J connectivity index is 1.86. The molecule has 0 spiro atoms. The van der Waals surface area contributed by atoms with Crippen molar-refractivity contribution < 1.29 is 4.92 Å². The van der Waals surface area contributed by atoms with Crippen molar-refractivity contribution in [2.45, 2.75) is 19.0 Å². The van der Waals surface area contributed by atoms with Crippen LogP contribution in [-0.2, 0) is 0 Å². The Labute approximate surface area is 105 Å². The first-order valence-corrected chi connectivity index (χ1v) is 6.26. The summed E-state index contributed by atoms with van der Waals surface area (Å²) in [6.45, 7) is 0.997. The number of rotatable bonds is 3. The molecule has 2 heterocycles. The molecule has 1 aromatic rings. The van der Waals surface area contributed by atoms with E-state index in [0.29, 0.717) is 12.3 Å². The Morgan fingerprint density at radius 3 is 3.11 bits per heavy atom. The van der Waals surface area contributed by atoms with Gasteiger partial charge in [0, 0.05) is 35.2 Å². The second kappa shape index (κ2) is 4.40. The van der Waals surface area contributed by atoms with Gasteiger partial charge in [-0.2, -0.15) is 0 Å². The number of nitrogens with zero attached hydrogens (tertiary/aromatic N) is 3. The predicted molar refractivity (Wildman–Crippen MR) is 66.8 cm³/mol. The molecular formula is C13H15N3O2. The molecule has 0 radical (unpaired) electrons. The third-order valence-corrected chi connectivity index (χ3v) is 3.72. The number of para-hydroxylation sites is 1. The zero-order valence-corrected chi connectivity index (χ0v) is 10.0. The number of benzene rings is 1. The van der Waals surface area contributed by atoms with Crippen LogP contribution < -0.4 is 10.6 Å². The van der Waals surface area contributed by atoms with E-state index in [0.717, 1.165) is 23.5 Å². The molecule has 2 atom stereocenters. The minimum atomic E-state index is -0.233. The number of hydrogen-bond donors (Lipinski definition) is 0. The first kappa shape index (κ1) is 11.2. The van der Waals surface area contributed by atoms with Crippen LogP contribution in [0.15, 0.2) is 29.3 Å². The fourth-order valence-electron chi connectivity index (χ4n) is 2.79. The van der Waals surface area contributed by atoms with Gasteiger partial charge in [-0.3, -0.25) is 15.1 Å². The quantitative estimate of drug-likeness (QED) is 0.571. The molecule has 2 aliphatic rings. The van der Waals surface area contributed by atoms with Gasteiger partial charge in [-0.1, -0.05) is 18.2 Å². The topological polar surface area (TPSA) is 58.7 Å². The summed E-state index contributed by atoms with van der Waals surface area (Å²) >= 11 is 0. The molecule has 0 aromatic heterocycles. The maximum Gasteiger partial charge on any atom is 0.204 e. The molecule has 94 valence electrons. The molecule has 3 rings (SSSR count). The fourth-order valence-corrected chi connectivity index (χ4v) is 2.79. The third kappa shape index (κ3) is 1.96. The zero-order chi connectivity index (χ0) is 12.5. The molecule has 1 saturated heterocycles. The maximum atomic E-state index is 10.5. The van der Waals surface area contributed by atoms with Gasteiger partial charge >= 0.3 is 0 Å². The number of nitro groups is 1. The molecule has 5 heteroatoms. The van der Waals surface area contributed by atoms with E-state index in [-0.39, 0.29) is 17.6 Å². The van der Waals surface area contributed by atoms with Crippen molar-refractivity contribution in [3.63, 3.8) is 0 Å². The van der Waals surface area contributed by atoms with Gasteiger partial charge in [-0.25, -0.2) is 0 Å². The van der Waals surface area contributed by atoms with Crippen LogP contribution in [0.1, 0.15) is 12.8 Å². The summed E-state index contributed by atoms with van der Waals surface area (Å²) in [6, 6.07) is 8.05. The van der Waals surface area contributed by atoms with E-state index >= 15 is 0 Å². The normalized spacial score (nSPS) is 24.8. The Morgan fingerprint density at radius 2 is 2.28 bits per heavy atom. The molecular weight excluding hydrogens is 230 g/mol. The highest BCUT2D eigenvalue weighted by Gasteiger charge is 2.33. The lowest BCUT2D eigenvalue weighted by Gasteiger charge is -2.25. The minimum absolute atomic E-state index is 0.0478. The Bertz CT molecular complexity index is 584. The van der Waals surface area contributed by atoms with Crippen molar-refractivity contribution in [3.8, 4) is 0 Å². The van der Waals surface area contributed by atoms with Crippen LogP contribution in [0.2, 0.25) is 0 Å². The first-order valence-electron chi connectivity index (χ1n) is 6.26. The second-order valence-electron chi connectivity index (χ2n) is 4.86. The van der Waals surface area contributed by atoms with Gasteiger partial charge in [0.05, 0.1) is 5.36 Å². The van der Waals surface area contributed by atoms with Crippen molar-refractivity contribution in [1.82, 2.24) is 4.90 Å². The van der Waals surface area contributed by atoms with Crippen LogP contribution in [0, 0.1) is 16.0 Å². The Hall–Kier alpha value is -1.91. The summed E-state index contributed by atoms with van der Waals surface area (Å²) in [6.07, 6.45) is 3.85. The average Bonchev–Trinajstić information content (AvgIpc) is 2.76. The van der Waals surface area contributed by atoms with Crippen molar-refractivity contribution in [1.29, 1.82) is 0 Å². The molecule has 0 bridgehead atoms. The van der Waals surface area contributed by atoms with Crippen LogP contribution in [0.4, 0.5) is 0 Å². The summed E-state index contributed by atoms with van der Waals surface area (Å²) in [5, 5.41) is 12.6. The molecule has 0 aliphatic carbocycles. The van der Waals surface area contributed by atoms with Gasteiger partial charge in [0.25, 0.3) is 0 Å². The van der Waals surface area contributed by atoms with Crippen LogP contribution in [0.5, 0.6) is 0 Å². The molecule has 0 amide bonds. The molecule has 0 N–H and O–H groups in total. The number of hydrogen-bond acceptors (Lipinski definition) is 4. The highest BCUT2D eigenvalue weighted by molar-refractivity contribution is 5.26. The van der Waals surface area contributed by atoms with Gasteiger partial charge in [-0.15, -0.1) is 0 Å². The van der Waals surface area contributed by atoms with Crippen LogP contribution in [0.3, 0.4) is 0 Å². The highest BCUT2D eigenvalue weighted by Crippen LogP contribution is 2.28. The molecule has 2 aliphatic heterocycles. The molecule has 1 aromatic carbocycles. The predicted octanol–water partition coefficient (Wildman–Crippen LogP) is 0.373. The summed E-state index contributed by atoms with van der Waals surface area (Å²) in [5.41, 5.74) is 0. The smallest absolute Gasteiger partial charge is 0.204 e. The van der Waals surface area contributed by atoms with Gasteiger partial charge in [0.15, 0.2) is 0 Å². The van der Waals surface area contributed by atoms with Gasteiger partial charge in [0.1, 0.15) is 6.17 Å². The Kier molecular flexibility index (Phi) is 2.74. The summed E-state index contributed by atoms with van der Waals surface area (Å²) in [5.74, 6) is 0.306. The van der Waals surface area contributed by atoms with Crippen molar-refractivity contribution in [2.75, 3.05) is 13.1 Å². The van der Waals surface area contributed by atoms with Crippen LogP contribution in [0.25, 0.3) is 6.20 Å². The first-order chi connectivity index (χ1) is 8.74. The summed E-state index contributed by atoms with van der Waals surface area (Å²) in [4.78, 5) is 17.2. The molecule has 1 fully saturated rings. The highest BCUT2D eigenvalue weighted by atomic mass is 16.6. The monoisotopic (exact) mass is 245 g/mol. The van der Waals surface area contributed by atoms with Gasteiger partial charge in [0.2, 0.25) is 6.54 Å². The van der Waals surface area contributed by atoms with Crippen molar-refractivity contribution >= 4 is 6.20 Å². The standard InChI is InChI=1S/C13H15N3O2/c17-16(18)8-6-10-5-7-15-9-11-3-1-2-4-12(11)14-13(10)15/h1-4,9-10,13H,5-8H2. The SMILES string of the molecule is O=[N+]([O-])CCC1CCN2C=c3ccccc3=NC12. The van der Waals surface area contributed by atoms with Gasteiger partial charge in [-0.05, 0) is 12.5 Å². The van der Waals surface area contributed by atoms with E-state index in [1.165, 1.54) is 0 Å². The van der Waals surface area contributed by atoms with E-state index in [1.54, 1.807) is 0 Å². The third-order valence-electron chi connectivity index (χ3n) is 3.72. The van der Waals surface area contributed by atoms with E-state index in [9.17, 15) is 10.1 Å². The lowest BCUT2D eigenvalue weighted by molar-refractivity contribution is -0.481. The molecule has 0 saturated carbocycles.